The van der Waals surface area contributed by atoms with E-state index in [-0.39, 0.29) is 0 Å². The van der Waals surface area contributed by atoms with Gasteiger partial charge in [-0.2, -0.15) is 5.10 Å². The van der Waals surface area contributed by atoms with Crippen molar-refractivity contribution >= 4 is 15.9 Å². The average Bonchev–Trinajstić information content (AvgIpc) is 2.30. The van der Waals surface area contributed by atoms with Crippen LogP contribution in [0.1, 0.15) is 18.2 Å². The summed E-state index contributed by atoms with van der Waals surface area (Å²) in [5, 5.41) is 5.17. The Bertz CT molecular complexity index is 217. The van der Waals surface area contributed by atoms with Gasteiger partial charge in [-0.25, -0.2) is 0 Å². The molecule has 0 aliphatic rings. The van der Waals surface area contributed by atoms with Crippen LogP contribution in [0, 0.1) is 6.92 Å². The van der Waals surface area contributed by atoms with E-state index in [4.69, 9.17) is 0 Å². The molecule has 3 heteroatoms. The van der Waals surface area contributed by atoms with Crippen LogP contribution in [0.3, 0.4) is 0 Å². The summed E-state index contributed by atoms with van der Waals surface area (Å²) in [5.74, 6) is 0. The predicted molar refractivity (Wildman–Crippen MR) is 45.3 cm³/mol. The fraction of sp³-hybridized carbons (Fsp3) is 0.571. The molecule has 0 aliphatic carbocycles. The lowest BCUT2D eigenvalue weighted by Gasteiger charge is -1.90. The average molecular weight is 203 g/mol. The fourth-order valence-electron chi connectivity index (χ4n) is 0.855. The molecule has 0 saturated carbocycles. The Morgan fingerprint density at radius 1 is 1.70 bits per heavy atom. The highest BCUT2D eigenvalue weighted by atomic mass is 79.9. The second kappa shape index (κ2) is 3.19. The van der Waals surface area contributed by atoms with E-state index in [9.17, 15) is 0 Å². The van der Waals surface area contributed by atoms with E-state index in [1.165, 1.54) is 5.56 Å². The van der Waals surface area contributed by atoms with Gasteiger partial charge in [0, 0.05) is 18.1 Å². The Morgan fingerprint density at radius 3 is 2.70 bits per heavy atom. The molecular formula is C7H11BrN2. The number of alkyl halides is 1. The van der Waals surface area contributed by atoms with Crippen LogP contribution in [0.5, 0.6) is 0 Å². The monoisotopic (exact) mass is 202 g/mol. The summed E-state index contributed by atoms with van der Waals surface area (Å²) < 4.78 is 1.95. The first-order chi connectivity index (χ1) is 4.77. The van der Waals surface area contributed by atoms with Gasteiger partial charge in [0.1, 0.15) is 0 Å². The molecule has 0 N–H and O–H groups in total. The molecule has 0 saturated heterocycles. The van der Waals surface area contributed by atoms with Crippen LogP contribution in [0.25, 0.3) is 0 Å². The van der Waals surface area contributed by atoms with E-state index >= 15 is 0 Å². The molecule has 0 bridgehead atoms. The van der Waals surface area contributed by atoms with Crippen molar-refractivity contribution in [3.8, 4) is 0 Å². The van der Waals surface area contributed by atoms with Crippen molar-refractivity contribution in [2.45, 2.75) is 25.7 Å². The standard InChI is InChI=1S/C7H11BrN2/c1-3-10-5-6(2)7(4-8)9-10/h5H,3-4H2,1-2H3. The highest BCUT2D eigenvalue weighted by Crippen LogP contribution is 2.08. The minimum Gasteiger partial charge on any atom is -0.272 e. The smallest absolute Gasteiger partial charge is 0.0759 e. The Morgan fingerprint density at radius 2 is 2.40 bits per heavy atom. The van der Waals surface area contributed by atoms with Gasteiger partial charge in [-0.3, -0.25) is 4.68 Å². The molecule has 1 aromatic rings. The molecule has 0 radical (unpaired) electrons. The second-order valence-corrected chi connectivity index (χ2v) is 2.81. The quantitative estimate of drug-likeness (QED) is 0.673. The van der Waals surface area contributed by atoms with E-state index in [0.717, 1.165) is 17.6 Å². The van der Waals surface area contributed by atoms with Crippen LogP contribution in [-0.4, -0.2) is 9.78 Å². The van der Waals surface area contributed by atoms with Crippen molar-refractivity contribution in [2.24, 2.45) is 0 Å². The number of hydrogen-bond donors (Lipinski definition) is 0. The molecule has 56 valence electrons. The van der Waals surface area contributed by atoms with Crippen LogP contribution in [0.2, 0.25) is 0 Å². The maximum absolute atomic E-state index is 4.32. The lowest BCUT2D eigenvalue weighted by molar-refractivity contribution is 0.652. The lowest BCUT2D eigenvalue weighted by Crippen LogP contribution is -1.94. The maximum atomic E-state index is 4.32. The number of hydrogen-bond acceptors (Lipinski definition) is 1. The first-order valence-electron chi connectivity index (χ1n) is 3.36. The van der Waals surface area contributed by atoms with Gasteiger partial charge in [-0.05, 0) is 19.4 Å². The molecule has 1 heterocycles. The summed E-state index contributed by atoms with van der Waals surface area (Å²) in [5.41, 5.74) is 2.40. The van der Waals surface area contributed by atoms with Crippen molar-refractivity contribution in [1.82, 2.24) is 9.78 Å². The van der Waals surface area contributed by atoms with Gasteiger partial charge in [-0.1, -0.05) is 15.9 Å². The Balaban J connectivity index is 2.92. The summed E-state index contributed by atoms with van der Waals surface area (Å²) in [4.78, 5) is 0. The Labute approximate surface area is 69.4 Å². The summed E-state index contributed by atoms with van der Waals surface area (Å²) in [6, 6.07) is 0. The number of halogens is 1. The summed E-state index contributed by atoms with van der Waals surface area (Å²) in [7, 11) is 0. The molecular weight excluding hydrogens is 192 g/mol. The van der Waals surface area contributed by atoms with E-state index in [0.29, 0.717) is 0 Å². The van der Waals surface area contributed by atoms with Crippen LogP contribution in [0.15, 0.2) is 6.20 Å². The normalized spacial score (nSPS) is 10.3. The maximum Gasteiger partial charge on any atom is 0.0759 e. The largest absolute Gasteiger partial charge is 0.272 e. The summed E-state index contributed by atoms with van der Waals surface area (Å²) in [6.45, 7) is 5.12. The van der Waals surface area contributed by atoms with Gasteiger partial charge in [-0.15, -0.1) is 0 Å². The molecule has 1 rings (SSSR count). The van der Waals surface area contributed by atoms with Crippen LogP contribution >= 0.6 is 15.9 Å². The SMILES string of the molecule is CCn1cc(C)c(CBr)n1. The summed E-state index contributed by atoms with van der Waals surface area (Å²) in [6.07, 6.45) is 2.07. The zero-order valence-electron chi connectivity index (χ0n) is 6.26. The van der Waals surface area contributed by atoms with Gasteiger partial charge in [0.15, 0.2) is 0 Å². The molecule has 0 unspecified atom stereocenters. The molecule has 1 aromatic heterocycles. The molecule has 0 amide bonds. The Kier molecular flexibility index (Phi) is 2.49. The molecule has 0 aliphatic heterocycles. The number of rotatable bonds is 2. The fourth-order valence-corrected chi connectivity index (χ4v) is 1.41. The van der Waals surface area contributed by atoms with Crippen molar-refractivity contribution in [3.05, 3.63) is 17.5 Å². The van der Waals surface area contributed by atoms with Crippen LogP contribution in [-0.2, 0) is 11.9 Å². The molecule has 10 heavy (non-hydrogen) atoms. The molecule has 2 nitrogen and oxygen atoms in total. The van der Waals surface area contributed by atoms with Gasteiger partial charge < -0.3 is 0 Å². The first-order valence-corrected chi connectivity index (χ1v) is 4.49. The molecule has 0 aromatic carbocycles. The van der Waals surface area contributed by atoms with Crippen LogP contribution < -0.4 is 0 Å². The van der Waals surface area contributed by atoms with Gasteiger partial charge in [0.05, 0.1) is 5.69 Å². The minimum atomic E-state index is 0.853. The third kappa shape index (κ3) is 1.40. The zero-order valence-corrected chi connectivity index (χ0v) is 7.85. The van der Waals surface area contributed by atoms with E-state index in [1.54, 1.807) is 0 Å². The van der Waals surface area contributed by atoms with Crippen molar-refractivity contribution in [2.75, 3.05) is 0 Å². The number of nitrogens with zero attached hydrogens (tertiary/aromatic N) is 2. The van der Waals surface area contributed by atoms with Gasteiger partial charge in [0.25, 0.3) is 0 Å². The Hall–Kier alpha value is -0.310. The first kappa shape index (κ1) is 7.79. The number of aryl methyl sites for hydroxylation is 2. The number of aromatic nitrogens is 2. The van der Waals surface area contributed by atoms with Crippen molar-refractivity contribution in [3.63, 3.8) is 0 Å². The van der Waals surface area contributed by atoms with Crippen LogP contribution in [0.4, 0.5) is 0 Å². The van der Waals surface area contributed by atoms with E-state index in [1.807, 2.05) is 4.68 Å². The minimum absolute atomic E-state index is 0.853. The lowest BCUT2D eigenvalue weighted by atomic mass is 10.3. The third-order valence-corrected chi connectivity index (χ3v) is 2.03. The highest BCUT2D eigenvalue weighted by Gasteiger charge is 2.00. The van der Waals surface area contributed by atoms with Crippen molar-refractivity contribution < 1.29 is 0 Å². The highest BCUT2D eigenvalue weighted by molar-refractivity contribution is 9.08. The summed E-state index contributed by atoms with van der Waals surface area (Å²) >= 11 is 3.37. The molecule has 0 atom stereocenters. The van der Waals surface area contributed by atoms with Gasteiger partial charge >= 0.3 is 0 Å². The zero-order chi connectivity index (χ0) is 7.56. The predicted octanol–water partition coefficient (Wildman–Crippen LogP) is 2.11. The molecule has 0 fully saturated rings. The second-order valence-electron chi connectivity index (χ2n) is 2.25. The van der Waals surface area contributed by atoms with E-state index < -0.39 is 0 Å². The van der Waals surface area contributed by atoms with Gasteiger partial charge in [0.2, 0.25) is 0 Å². The third-order valence-electron chi connectivity index (χ3n) is 1.50. The topological polar surface area (TPSA) is 17.8 Å². The van der Waals surface area contributed by atoms with E-state index in [2.05, 4.69) is 41.1 Å². The molecule has 0 spiro atoms. The van der Waals surface area contributed by atoms with Crippen molar-refractivity contribution in [1.29, 1.82) is 0 Å².